The van der Waals surface area contributed by atoms with Gasteiger partial charge < -0.3 is 19.0 Å². The van der Waals surface area contributed by atoms with Crippen molar-refractivity contribution in [3.05, 3.63) is 52.2 Å². The van der Waals surface area contributed by atoms with Crippen LogP contribution in [0.3, 0.4) is 0 Å². The molecule has 0 radical (unpaired) electrons. The lowest BCUT2D eigenvalue weighted by molar-refractivity contribution is -0.386. The number of furan rings is 1. The van der Waals surface area contributed by atoms with Crippen molar-refractivity contribution in [2.75, 3.05) is 38.2 Å². The summed E-state index contributed by atoms with van der Waals surface area (Å²) in [5.41, 5.74) is -0.446. The zero-order valence-electron chi connectivity index (χ0n) is 13.5. The number of anilines is 1. The van der Waals surface area contributed by atoms with Gasteiger partial charge in [-0.05, 0) is 12.1 Å². The van der Waals surface area contributed by atoms with Crippen molar-refractivity contribution < 1.29 is 23.3 Å². The smallest absolute Gasteiger partial charge is 0.328 e. The Balaban J connectivity index is 1.80. The Hall–Kier alpha value is -3.10. The predicted octanol–water partition coefficient (Wildman–Crippen LogP) is 2.30. The largest absolute Gasteiger partial charge is 0.497 e. The van der Waals surface area contributed by atoms with Crippen LogP contribution >= 0.6 is 0 Å². The molecule has 0 N–H and O–H groups in total. The molecule has 0 atom stereocenters. The minimum Gasteiger partial charge on any atom is -0.497 e. The topological polar surface area (TPSA) is 89.1 Å². The van der Waals surface area contributed by atoms with Crippen LogP contribution in [0.1, 0.15) is 10.6 Å². The van der Waals surface area contributed by atoms with Gasteiger partial charge in [0.1, 0.15) is 11.4 Å². The van der Waals surface area contributed by atoms with Crippen LogP contribution in [0, 0.1) is 15.9 Å². The quantitative estimate of drug-likeness (QED) is 0.621. The molecule has 2 aromatic rings. The van der Waals surface area contributed by atoms with Gasteiger partial charge in [-0.1, -0.05) is 0 Å². The molecule has 8 nitrogen and oxygen atoms in total. The molecule has 1 aromatic carbocycles. The number of benzene rings is 1. The summed E-state index contributed by atoms with van der Waals surface area (Å²) in [6, 6.07) is 5.63. The lowest BCUT2D eigenvalue weighted by Crippen LogP contribution is -2.48. The molecule has 132 valence electrons. The maximum Gasteiger partial charge on any atom is 0.328 e. The zero-order chi connectivity index (χ0) is 18.0. The number of carbonyl (C=O) groups excluding carboxylic acids is 1. The molecule has 1 fully saturated rings. The lowest BCUT2D eigenvalue weighted by atomic mass is 10.2. The van der Waals surface area contributed by atoms with Gasteiger partial charge >= 0.3 is 5.69 Å². The number of carbonyl (C=O) groups is 1. The highest BCUT2D eigenvalue weighted by molar-refractivity contribution is 5.91. The first-order valence-electron chi connectivity index (χ1n) is 7.61. The molecular weight excluding hydrogens is 333 g/mol. The third-order valence-electron chi connectivity index (χ3n) is 4.07. The summed E-state index contributed by atoms with van der Waals surface area (Å²) >= 11 is 0. The van der Waals surface area contributed by atoms with Gasteiger partial charge in [0, 0.05) is 38.3 Å². The minimum atomic E-state index is -0.951. The molecule has 0 bridgehead atoms. The van der Waals surface area contributed by atoms with Crippen LogP contribution in [-0.2, 0) is 0 Å². The number of rotatable bonds is 4. The maximum atomic E-state index is 14.1. The molecule has 1 aromatic heterocycles. The number of hydrogen-bond acceptors (Lipinski definition) is 6. The van der Waals surface area contributed by atoms with E-state index in [1.54, 1.807) is 21.9 Å². The van der Waals surface area contributed by atoms with E-state index in [0.717, 1.165) is 6.07 Å². The van der Waals surface area contributed by atoms with Gasteiger partial charge in [-0.15, -0.1) is 0 Å². The molecule has 0 spiro atoms. The molecule has 25 heavy (non-hydrogen) atoms. The fourth-order valence-electron chi connectivity index (χ4n) is 2.81. The normalized spacial score (nSPS) is 14.5. The number of methoxy groups -OCH3 is 1. The first-order chi connectivity index (χ1) is 12.0. The van der Waals surface area contributed by atoms with Gasteiger partial charge in [-0.25, -0.2) is 0 Å². The first-order valence-corrected chi connectivity index (χ1v) is 7.61. The van der Waals surface area contributed by atoms with Crippen molar-refractivity contribution in [2.45, 2.75) is 0 Å². The number of piperazine rings is 1. The SMILES string of the molecule is COc1cc(F)c([N+](=O)[O-])c(N2CCN(C(=O)c3ccco3)CC2)c1. The maximum absolute atomic E-state index is 14.1. The lowest BCUT2D eigenvalue weighted by Gasteiger charge is -2.35. The second kappa shape index (κ2) is 6.80. The molecular formula is C16H16FN3O5. The summed E-state index contributed by atoms with van der Waals surface area (Å²) < 4.78 is 24.2. The number of halogens is 1. The highest BCUT2D eigenvalue weighted by Gasteiger charge is 2.30. The van der Waals surface area contributed by atoms with E-state index in [9.17, 15) is 19.3 Å². The fourth-order valence-corrected chi connectivity index (χ4v) is 2.81. The third kappa shape index (κ3) is 3.25. The number of ether oxygens (including phenoxy) is 1. The molecule has 1 saturated heterocycles. The van der Waals surface area contributed by atoms with Crippen molar-refractivity contribution in [1.29, 1.82) is 0 Å². The standard InChI is InChI=1S/C16H16FN3O5/c1-24-11-9-12(17)15(20(22)23)13(10-11)18-4-6-19(7-5-18)16(21)14-3-2-8-25-14/h2-3,8-10H,4-7H2,1H3. The van der Waals surface area contributed by atoms with Gasteiger partial charge in [-0.2, -0.15) is 4.39 Å². The molecule has 3 rings (SSSR count). The predicted molar refractivity (Wildman–Crippen MR) is 86.4 cm³/mol. The third-order valence-corrected chi connectivity index (χ3v) is 4.07. The van der Waals surface area contributed by atoms with Gasteiger partial charge in [0.2, 0.25) is 5.82 Å². The van der Waals surface area contributed by atoms with Crippen LogP contribution in [0.15, 0.2) is 34.9 Å². The Kier molecular flexibility index (Phi) is 4.55. The van der Waals surface area contributed by atoms with E-state index in [-0.39, 0.29) is 23.1 Å². The summed E-state index contributed by atoms with van der Waals surface area (Å²) in [6.07, 6.45) is 1.42. The van der Waals surface area contributed by atoms with Crippen molar-refractivity contribution >= 4 is 17.3 Å². The summed E-state index contributed by atoms with van der Waals surface area (Å²) in [5, 5.41) is 11.2. The number of nitro benzene ring substituents is 1. The van der Waals surface area contributed by atoms with Crippen LogP contribution in [0.25, 0.3) is 0 Å². The average Bonchev–Trinajstić information content (AvgIpc) is 3.14. The molecule has 1 aliphatic rings. The van der Waals surface area contributed by atoms with Crippen molar-refractivity contribution in [1.82, 2.24) is 4.90 Å². The number of nitro groups is 1. The number of amides is 1. The molecule has 0 unspecified atom stereocenters. The van der Waals surface area contributed by atoms with Crippen molar-refractivity contribution in [3.8, 4) is 5.75 Å². The van der Waals surface area contributed by atoms with Crippen LogP contribution in [-0.4, -0.2) is 49.0 Å². The second-order valence-corrected chi connectivity index (χ2v) is 5.49. The van der Waals surface area contributed by atoms with E-state index < -0.39 is 16.4 Å². The molecule has 9 heteroatoms. The van der Waals surface area contributed by atoms with Crippen LogP contribution in [0.5, 0.6) is 5.75 Å². The summed E-state index contributed by atoms with van der Waals surface area (Å²) in [6.45, 7) is 1.35. The molecule has 2 heterocycles. The zero-order valence-corrected chi connectivity index (χ0v) is 13.5. The Morgan fingerprint density at radius 3 is 2.60 bits per heavy atom. The summed E-state index contributed by atoms with van der Waals surface area (Å²) in [5.74, 6) is -0.747. The van der Waals surface area contributed by atoms with Crippen molar-refractivity contribution in [3.63, 3.8) is 0 Å². The minimum absolute atomic E-state index is 0.145. The number of nitrogens with zero attached hydrogens (tertiary/aromatic N) is 3. The monoisotopic (exact) mass is 349 g/mol. The average molecular weight is 349 g/mol. The van der Waals surface area contributed by atoms with Crippen LogP contribution in [0.4, 0.5) is 15.8 Å². The Morgan fingerprint density at radius 1 is 1.32 bits per heavy atom. The van der Waals surface area contributed by atoms with E-state index in [1.807, 2.05) is 0 Å². The van der Waals surface area contributed by atoms with E-state index in [4.69, 9.17) is 9.15 Å². The van der Waals surface area contributed by atoms with Gasteiger partial charge in [-0.3, -0.25) is 14.9 Å². The Bertz CT molecular complexity index is 785. The highest BCUT2D eigenvalue weighted by atomic mass is 19.1. The van der Waals surface area contributed by atoms with E-state index >= 15 is 0 Å². The fraction of sp³-hybridized carbons (Fsp3) is 0.312. The highest BCUT2D eigenvalue weighted by Crippen LogP contribution is 2.35. The second-order valence-electron chi connectivity index (χ2n) is 5.49. The van der Waals surface area contributed by atoms with E-state index in [0.29, 0.717) is 26.2 Å². The van der Waals surface area contributed by atoms with Gasteiger partial charge in [0.15, 0.2) is 5.76 Å². The molecule has 0 aliphatic carbocycles. The van der Waals surface area contributed by atoms with Crippen LogP contribution < -0.4 is 9.64 Å². The molecule has 0 saturated carbocycles. The van der Waals surface area contributed by atoms with Crippen molar-refractivity contribution in [2.24, 2.45) is 0 Å². The Labute approximate surface area is 142 Å². The van der Waals surface area contributed by atoms with E-state index in [2.05, 4.69) is 0 Å². The summed E-state index contributed by atoms with van der Waals surface area (Å²) in [4.78, 5) is 26.0. The van der Waals surface area contributed by atoms with Gasteiger partial charge in [0.25, 0.3) is 5.91 Å². The molecule has 1 amide bonds. The number of hydrogen-bond donors (Lipinski definition) is 0. The first kappa shape index (κ1) is 16.7. The Morgan fingerprint density at radius 2 is 2.04 bits per heavy atom. The summed E-state index contributed by atoms with van der Waals surface area (Å²) in [7, 11) is 1.37. The van der Waals surface area contributed by atoms with E-state index in [1.165, 1.54) is 19.4 Å². The van der Waals surface area contributed by atoms with Gasteiger partial charge in [0.05, 0.1) is 18.3 Å². The van der Waals surface area contributed by atoms with Crippen LogP contribution in [0.2, 0.25) is 0 Å². The molecule has 1 aliphatic heterocycles.